The Hall–Kier alpha value is -1.06. The smallest absolute Gasteiger partial charge is 0.223 e. The molecule has 1 aromatic rings. The van der Waals surface area contributed by atoms with Gasteiger partial charge in [-0.1, -0.05) is 36.8 Å². The molecule has 1 atom stereocenters. The number of rotatable bonds is 4. The Morgan fingerprint density at radius 2 is 1.83 bits per heavy atom. The summed E-state index contributed by atoms with van der Waals surface area (Å²) in [4.78, 5) is 12.6. The molecule has 2 aliphatic carbocycles. The van der Waals surface area contributed by atoms with Crippen molar-refractivity contribution in [2.75, 3.05) is 19.6 Å². The third-order valence-corrected chi connectivity index (χ3v) is 6.40. The average Bonchev–Trinajstić information content (AvgIpc) is 3.21. The van der Waals surface area contributed by atoms with Crippen LogP contribution in [0.25, 0.3) is 0 Å². The minimum atomic E-state index is 0. The second kappa shape index (κ2) is 6.45. The van der Waals surface area contributed by atoms with Crippen molar-refractivity contribution >= 4 is 18.3 Å². The van der Waals surface area contributed by atoms with Gasteiger partial charge in [-0.05, 0) is 56.2 Å². The zero-order valence-electron chi connectivity index (χ0n) is 13.6. The molecular formula is C19H27ClN2O. The number of carbonyl (C=O) groups is 1. The lowest BCUT2D eigenvalue weighted by molar-refractivity contribution is -0.123. The van der Waals surface area contributed by atoms with Crippen LogP contribution in [0.1, 0.15) is 44.1 Å². The normalized spacial score (nSPS) is 26.7. The fourth-order valence-corrected chi connectivity index (χ4v) is 4.54. The summed E-state index contributed by atoms with van der Waals surface area (Å²) in [7, 11) is 0. The number of carbonyl (C=O) groups excluding carboxylic acids is 1. The van der Waals surface area contributed by atoms with Gasteiger partial charge in [-0.2, -0.15) is 0 Å². The van der Waals surface area contributed by atoms with Gasteiger partial charge in [-0.3, -0.25) is 4.79 Å². The number of piperidine rings is 1. The van der Waals surface area contributed by atoms with Crippen LogP contribution >= 0.6 is 12.4 Å². The standard InChI is InChI=1S/C19H26N2O.ClH/c22-17(16-13-18(16)9-11-20-12-10-18)21-14-19(7-4-8-19)15-5-2-1-3-6-15;/h1-3,5-6,16,20H,4,7-14H2,(H,21,22);1H. The molecule has 1 aliphatic heterocycles. The molecule has 23 heavy (non-hydrogen) atoms. The van der Waals surface area contributed by atoms with Gasteiger partial charge in [0.25, 0.3) is 0 Å². The second-order valence-corrected chi connectivity index (χ2v) is 7.59. The summed E-state index contributed by atoms with van der Waals surface area (Å²) in [5.41, 5.74) is 1.94. The van der Waals surface area contributed by atoms with Crippen LogP contribution < -0.4 is 10.6 Å². The van der Waals surface area contributed by atoms with Crippen LogP contribution in [-0.4, -0.2) is 25.5 Å². The quantitative estimate of drug-likeness (QED) is 0.888. The number of hydrogen-bond acceptors (Lipinski definition) is 2. The predicted molar refractivity (Wildman–Crippen MR) is 94.9 cm³/mol. The van der Waals surface area contributed by atoms with Crippen LogP contribution in [0.2, 0.25) is 0 Å². The number of benzene rings is 1. The lowest BCUT2D eigenvalue weighted by Gasteiger charge is -2.42. The Balaban J connectivity index is 0.00000156. The van der Waals surface area contributed by atoms with Gasteiger partial charge in [-0.25, -0.2) is 0 Å². The molecule has 1 aromatic carbocycles. The van der Waals surface area contributed by atoms with Crippen molar-refractivity contribution in [1.29, 1.82) is 0 Å². The molecular weight excluding hydrogens is 308 g/mol. The Labute approximate surface area is 145 Å². The molecule has 1 saturated heterocycles. The Kier molecular flexibility index (Phi) is 4.70. The molecule has 1 heterocycles. The van der Waals surface area contributed by atoms with Crippen LogP contribution in [-0.2, 0) is 10.2 Å². The van der Waals surface area contributed by atoms with E-state index in [1.807, 2.05) is 0 Å². The van der Waals surface area contributed by atoms with E-state index in [0.717, 1.165) is 26.1 Å². The van der Waals surface area contributed by atoms with E-state index in [9.17, 15) is 4.79 Å². The first-order valence-electron chi connectivity index (χ1n) is 8.78. The van der Waals surface area contributed by atoms with Gasteiger partial charge in [0, 0.05) is 17.9 Å². The summed E-state index contributed by atoms with van der Waals surface area (Å²) in [5, 5.41) is 6.70. The number of halogens is 1. The lowest BCUT2D eigenvalue weighted by atomic mass is 9.64. The lowest BCUT2D eigenvalue weighted by Crippen LogP contribution is -2.46. The summed E-state index contributed by atoms with van der Waals surface area (Å²) in [5.74, 6) is 0.589. The van der Waals surface area contributed by atoms with Gasteiger partial charge < -0.3 is 10.6 Å². The second-order valence-electron chi connectivity index (χ2n) is 7.59. The average molecular weight is 335 g/mol. The maximum Gasteiger partial charge on any atom is 0.223 e. The van der Waals surface area contributed by atoms with Crippen molar-refractivity contribution in [3.05, 3.63) is 35.9 Å². The maximum atomic E-state index is 12.6. The van der Waals surface area contributed by atoms with E-state index in [-0.39, 0.29) is 23.7 Å². The molecule has 3 nitrogen and oxygen atoms in total. The summed E-state index contributed by atoms with van der Waals surface area (Å²) in [6.45, 7) is 2.98. The molecule has 0 radical (unpaired) electrons. The zero-order chi connectivity index (χ0) is 15.0. The van der Waals surface area contributed by atoms with E-state index in [4.69, 9.17) is 0 Å². The summed E-state index contributed by atoms with van der Waals surface area (Å²) < 4.78 is 0. The van der Waals surface area contributed by atoms with Crippen LogP contribution in [0, 0.1) is 11.3 Å². The highest BCUT2D eigenvalue weighted by Crippen LogP contribution is 2.58. The van der Waals surface area contributed by atoms with Gasteiger partial charge in [0.2, 0.25) is 5.91 Å². The van der Waals surface area contributed by atoms with Crippen molar-refractivity contribution in [1.82, 2.24) is 10.6 Å². The number of amides is 1. The highest BCUT2D eigenvalue weighted by molar-refractivity contribution is 5.85. The SMILES string of the molecule is Cl.O=C(NCC1(c2ccccc2)CCC1)C1CC12CCNCC2. The van der Waals surface area contributed by atoms with Crippen LogP contribution in [0.15, 0.2) is 30.3 Å². The van der Waals surface area contributed by atoms with E-state index in [1.54, 1.807) is 0 Å². The first-order valence-corrected chi connectivity index (χ1v) is 8.78. The van der Waals surface area contributed by atoms with Gasteiger partial charge in [0.1, 0.15) is 0 Å². The monoisotopic (exact) mass is 334 g/mol. The summed E-state index contributed by atoms with van der Waals surface area (Å²) in [6, 6.07) is 10.7. The van der Waals surface area contributed by atoms with Crippen molar-refractivity contribution < 1.29 is 4.79 Å². The van der Waals surface area contributed by atoms with Gasteiger partial charge in [0.05, 0.1) is 0 Å². The molecule has 126 valence electrons. The van der Waals surface area contributed by atoms with Crippen molar-refractivity contribution in [3.63, 3.8) is 0 Å². The third-order valence-electron chi connectivity index (χ3n) is 6.40. The summed E-state index contributed by atoms with van der Waals surface area (Å²) in [6.07, 6.45) is 7.15. The predicted octanol–water partition coefficient (Wildman–Crippen LogP) is 3.04. The molecule has 0 aromatic heterocycles. The molecule has 4 heteroatoms. The molecule has 0 bridgehead atoms. The fourth-order valence-electron chi connectivity index (χ4n) is 4.54. The minimum absolute atomic E-state index is 0. The fraction of sp³-hybridized carbons (Fsp3) is 0.632. The van der Waals surface area contributed by atoms with Crippen LogP contribution in [0.5, 0.6) is 0 Å². The van der Waals surface area contributed by atoms with Gasteiger partial charge in [-0.15, -0.1) is 12.4 Å². The maximum absolute atomic E-state index is 12.6. The largest absolute Gasteiger partial charge is 0.355 e. The number of nitrogens with one attached hydrogen (secondary N) is 2. The topological polar surface area (TPSA) is 41.1 Å². The van der Waals surface area contributed by atoms with Gasteiger partial charge in [0.15, 0.2) is 0 Å². The summed E-state index contributed by atoms with van der Waals surface area (Å²) >= 11 is 0. The molecule has 2 saturated carbocycles. The highest BCUT2D eigenvalue weighted by atomic mass is 35.5. The first-order chi connectivity index (χ1) is 10.7. The Morgan fingerprint density at radius 3 is 2.43 bits per heavy atom. The van der Waals surface area contributed by atoms with Gasteiger partial charge >= 0.3 is 0 Å². The Bertz CT molecular complexity index is 550. The van der Waals surface area contributed by atoms with E-state index < -0.39 is 0 Å². The van der Waals surface area contributed by atoms with Crippen molar-refractivity contribution in [2.45, 2.75) is 43.9 Å². The molecule has 1 spiro atoms. The molecule has 3 aliphatic rings. The molecule has 4 rings (SSSR count). The van der Waals surface area contributed by atoms with E-state index in [1.165, 1.54) is 37.7 Å². The zero-order valence-corrected chi connectivity index (χ0v) is 14.5. The molecule has 1 unspecified atom stereocenters. The van der Waals surface area contributed by atoms with E-state index >= 15 is 0 Å². The first kappa shape index (κ1) is 16.8. The van der Waals surface area contributed by atoms with Crippen molar-refractivity contribution in [3.8, 4) is 0 Å². The van der Waals surface area contributed by atoms with E-state index in [2.05, 4.69) is 41.0 Å². The third kappa shape index (κ3) is 3.01. The molecule has 1 amide bonds. The molecule has 3 fully saturated rings. The van der Waals surface area contributed by atoms with E-state index in [0.29, 0.717) is 11.3 Å². The van der Waals surface area contributed by atoms with Crippen LogP contribution in [0.4, 0.5) is 0 Å². The van der Waals surface area contributed by atoms with Crippen LogP contribution in [0.3, 0.4) is 0 Å². The Morgan fingerprint density at radius 1 is 1.13 bits per heavy atom. The number of hydrogen-bond donors (Lipinski definition) is 2. The molecule has 2 N–H and O–H groups in total. The highest BCUT2D eigenvalue weighted by Gasteiger charge is 2.57. The van der Waals surface area contributed by atoms with Crippen molar-refractivity contribution in [2.24, 2.45) is 11.3 Å². The minimum Gasteiger partial charge on any atom is -0.355 e.